The second kappa shape index (κ2) is 5.99. The molecule has 3 nitrogen and oxygen atoms in total. The minimum Gasteiger partial charge on any atom is -0.377 e. The monoisotopic (exact) mass is 228 g/mol. The lowest BCUT2D eigenvalue weighted by molar-refractivity contribution is -0.0512. The Morgan fingerprint density at radius 1 is 1.44 bits per heavy atom. The van der Waals surface area contributed by atoms with Gasteiger partial charge in [-0.25, -0.2) is 0 Å². The zero-order valence-corrected chi connectivity index (χ0v) is 11.3. The summed E-state index contributed by atoms with van der Waals surface area (Å²) in [4.78, 5) is 2.50. The Hall–Kier alpha value is -0.120. The van der Waals surface area contributed by atoms with E-state index in [-0.39, 0.29) is 5.60 Å². The molecule has 1 saturated heterocycles. The number of hydrogen-bond acceptors (Lipinski definition) is 3. The number of likely N-dealkylation sites (tertiary alicyclic amines) is 1. The summed E-state index contributed by atoms with van der Waals surface area (Å²) in [5, 5.41) is 0. The first kappa shape index (κ1) is 13.9. The highest BCUT2D eigenvalue weighted by molar-refractivity contribution is 4.85. The molecule has 1 fully saturated rings. The fraction of sp³-hybridized carbons (Fsp3) is 1.00. The van der Waals surface area contributed by atoms with Crippen molar-refractivity contribution in [3.8, 4) is 0 Å². The average Bonchev–Trinajstić information content (AvgIpc) is 2.26. The molecule has 0 spiro atoms. The molecule has 0 saturated carbocycles. The number of rotatable bonds is 5. The molecular formula is C13H28N2O. The third kappa shape index (κ3) is 4.04. The molecule has 0 aliphatic carbocycles. The van der Waals surface area contributed by atoms with Crippen LogP contribution in [0.2, 0.25) is 0 Å². The van der Waals surface area contributed by atoms with Gasteiger partial charge in [-0.15, -0.1) is 0 Å². The molecule has 0 aromatic rings. The fourth-order valence-electron chi connectivity index (χ4n) is 2.33. The van der Waals surface area contributed by atoms with Gasteiger partial charge < -0.3 is 15.4 Å². The minimum absolute atomic E-state index is 0.0557. The summed E-state index contributed by atoms with van der Waals surface area (Å²) < 4.78 is 5.59. The lowest BCUT2D eigenvalue weighted by Crippen LogP contribution is -2.48. The SMILES string of the molecule is COC1(C)CCCN(CCC(N)C(C)C)C1. The number of methoxy groups -OCH3 is 1. The largest absolute Gasteiger partial charge is 0.377 e. The highest BCUT2D eigenvalue weighted by Gasteiger charge is 2.30. The molecule has 16 heavy (non-hydrogen) atoms. The Morgan fingerprint density at radius 3 is 2.69 bits per heavy atom. The summed E-state index contributed by atoms with van der Waals surface area (Å²) >= 11 is 0. The van der Waals surface area contributed by atoms with Crippen LogP contribution in [-0.2, 0) is 4.74 Å². The fourth-order valence-corrected chi connectivity index (χ4v) is 2.33. The van der Waals surface area contributed by atoms with Crippen molar-refractivity contribution in [1.29, 1.82) is 0 Å². The summed E-state index contributed by atoms with van der Waals surface area (Å²) in [6, 6.07) is 0.329. The van der Waals surface area contributed by atoms with E-state index in [1.165, 1.54) is 19.4 Å². The maximum absolute atomic E-state index is 6.08. The summed E-state index contributed by atoms with van der Waals surface area (Å²) in [5.41, 5.74) is 6.13. The second-order valence-electron chi connectivity index (χ2n) is 5.73. The molecule has 3 heteroatoms. The van der Waals surface area contributed by atoms with Gasteiger partial charge in [-0.3, -0.25) is 0 Å². The Labute approximate surface area is 100 Å². The van der Waals surface area contributed by atoms with Gasteiger partial charge in [-0.1, -0.05) is 13.8 Å². The van der Waals surface area contributed by atoms with Crippen molar-refractivity contribution >= 4 is 0 Å². The van der Waals surface area contributed by atoms with Crippen molar-refractivity contribution in [2.24, 2.45) is 11.7 Å². The summed E-state index contributed by atoms with van der Waals surface area (Å²) in [6.45, 7) is 9.96. The van der Waals surface area contributed by atoms with Crippen LogP contribution in [0.4, 0.5) is 0 Å². The first-order valence-electron chi connectivity index (χ1n) is 6.50. The van der Waals surface area contributed by atoms with Crippen LogP contribution in [0.5, 0.6) is 0 Å². The number of nitrogens with zero attached hydrogens (tertiary/aromatic N) is 1. The van der Waals surface area contributed by atoms with Gasteiger partial charge in [0, 0.05) is 19.7 Å². The van der Waals surface area contributed by atoms with Gasteiger partial charge >= 0.3 is 0 Å². The van der Waals surface area contributed by atoms with Crippen molar-refractivity contribution < 1.29 is 4.74 Å². The lowest BCUT2D eigenvalue weighted by Gasteiger charge is -2.39. The molecule has 0 aromatic carbocycles. The average molecular weight is 228 g/mol. The van der Waals surface area contributed by atoms with Crippen LogP contribution < -0.4 is 5.73 Å². The topological polar surface area (TPSA) is 38.5 Å². The van der Waals surface area contributed by atoms with Crippen molar-refractivity contribution in [2.45, 2.75) is 51.7 Å². The van der Waals surface area contributed by atoms with Crippen LogP contribution >= 0.6 is 0 Å². The quantitative estimate of drug-likeness (QED) is 0.780. The predicted molar refractivity (Wildman–Crippen MR) is 68.5 cm³/mol. The Bertz CT molecular complexity index is 208. The van der Waals surface area contributed by atoms with Gasteiger partial charge in [0.1, 0.15) is 0 Å². The molecule has 1 rings (SSSR count). The first-order valence-corrected chi connectivity index (χ1v) is 6.50. The van der Waals surface area contributed by atoms with E-state index >= 15 is 0 Å². The Kier molecular flexibility index (Phi) is 5.22. The number of ether oxygens (including phenoxy) is 1. The van der Waals surface area contributed by atoms with E-state index in [4.69, 9.17) is 10.5 Å². The number of piperidine rings is 1. The van der Waals surface area contributed by atoms with Crippen molar-refractivity contribution in [3.63, 3.8) is 0 Å². The Balaban J connectivity index is 2.32. The van der Waals surface area contributed by atoms with E-state index < -0.39 is 0 Å². The third-order valence-electron chi connectivity index (χ3n) is 3.87. The molecule has 1 aliphatic rings. The van der Waals surface area contributed by atoms with Crippen LogP contribution in [0.3, 0.4) is 0 Å². The number of nitrogens with two attached hydrogens (primary N) is 1. The zero-order valence-electron chi connectivity index (χ0n) is 11.3. The highest BCUT2D eigenvalue weighted by Crippen LogP contribution is 2.24. The maximum Gasteiger partial charge on any atom is 0.0777 e. The molecule has 0 aromatic heterocycles. The number of hydrogen-bond donors (Lipinski definition) is 1. The van der Waals surface area contributed by atoms with Crippen LogP contribution in [-0.4, -0.2) is 43.3 Å². The van der Waals surface area contributed by atoms with Crippen molar-refractivity contribution in [3.05, 3.63) is 0 Å². The van der Waals surface area contributed by atoms with Crippen LogP contribution in [0.15, 0.2) is 0 Å². The molecule has 2 unspecified atom stereocenters. The molecule has 2 N–H and O–H groups in total. The maximum atomic E-state index is 6.08. The summed E-state index contributed by atoms with van der Waals surface area (Å²) in [5.74, 6) is 0.582. The van der Waals surface area contributed by atoms with Gasteiger partial charge in [0.25, 0.3) is 0 Å². The molecular weight excluding hydrogens is 200 g/mol. The van der Waals surface area contributed by atoms with E-state index in [1.807, 2.05) is 7.11 Å². The van der Waals surface area contributed by atoms with Crippen molar-refractivity contribution in [2.75, 3.05) is 26.7 Å². The van der Waals surface area contributed by atoms with Gasteiger partial charge in [0.15, 0.2) is 0 Å². The normalized spacial score (nSPS) is 29.6. The molecule has 1 aliphatic heterocycles. The van der Waals surface area contributed by atoms with Crippen molar-refractivity contribution in [1.82, 2.24) is 4.90 Å². The molecule has 0 amide bonds. The van der Waals surface area contributed by atoms with Gasteiger partial charge in [0.05, 0.1) is 5.60 Å². The van der Waals surface area contributed by atoms with Gasteiger partial charge in [0.2, 0.25) is 0 Å². The standard InChI is InChI=1S/C13H28N2O/c1-11(2)12(14)6-9-15-8-5-7-13(3,10-15)16-4/h11-12H,5-10,14H2,1-4H3. The zero-order chi connectivity index (χ0) is 12.2. The Morgan fingerprint density at radius 2 is 2.12 bits per heavy atom. The first-order chi connectivity index (χ1) is 7.47. The van der Waals surface area contributed by atoms with Gasteiger partial charge in [-0.05, 0) is 45.2 Å². The summed E-state index contributed by atoms with van der Waals surface area (Å²) in [7, 11) is 1.82. The lowest BCUT2D eigenvalue weighted by atomic mass is 9.94. The molecule has 1 heterocycles. The van der Waals surface area contributed by atoms with E-state index in [9.17, 15) is 0 Å². The second-order valence-corrected chi connectivity index (χ2v) is 5.73. The molecule has 96 valence electrons. The molecule has 0 radical (unpaired) electrons. The van der Waals surface area contributed by atoms with E-state index in [2.05, 4.69) is 25.7 Å². The minimum atomic E-state index is 0.0557. The van der Waals surface area contributed by atoms with Gasteiger partial charge in [-0.2, -0.15) is 0 Å². The molecule has 0 bridgehead atoms. The van der Waals surface area contributed by atoms with Crippen LogP contribution in [0.1, 0.15) is 40.0 Å². The van der Waals surface area contributed by atoms with Crippen LogP contribution in [0, 0.1) is 5.92 Å². The van der Waals surface area contributed by atoms with Crippen LogP contribution in [0.25, 0.3) is 0 Å². The summed E-state index contributed by atoms with van der Waals surface area (Å²) in [6.07, 6.45) is 3.51. The smallest absolute Gasteiger partial charge is 0.0777 e. The molecule has 2 atom stereocenters. The van der Waals surface area contributed by atoms with E-state index in [0.29, 0.717) is 12.0 Å². The highest BCUT2D eigenvalue weighted by atomic mass is 16.5. The third-order valence-corrected chi connectivity index (χ3v) is 3.87. The van der Waals surface area contributed by atoms with E-state index in [0.717, 1.165) is 19.5 Å². The predicted octanol–water partition coefficient (Wildman–Crippen LogP) is 1.86. The van der Waals surface area contributed by atoms with E-state index in [1.54, 1.807) is 0 Å².